The van der Waals surface area contributed by atoms with Crippen molar-refractivity contribution in [3.63, 3.8) is 0 Å². The van der Waals surface area contributed by atoms with Crippen LogP contribution in [0.3, 0.4) is 0 Å². The normalized spacial score (nSPS) is 21.5. The number of ether oxygens (including phenoxy) is 1. The Labute approximate surface area is 141 Å². The van der Waals surface area contributed by atoms with Crippen molar-refractivity contribution in [3.05, 3.63) is 42.0 Å². The van der Waals surface area contributed by atoms with E-state index in [1.807, 2.05) is 0 Å². The van der Waals surface area contributed by atoms with Crippen LogP contribution in [-0.2, 0) is 0 Å². The molecule has 2 aromatic rings. The predicted octanol–water partition coefficient (Wildman–Crippen LogP) is 6.70. The van der Waals surface area contributed by atoms with E-state index in [0.29, 0.717) is 0 Å². The lowest BCUT2D eigenvalue weighted by atomic mass is 9.77. The van der Waals surface area contributed by atoms with Crippen LogP contribution in [0.4, 0.5) is 0 Å². The fraction of sp³-hybridized carbons (Fsp3) is 0.545. The van der Waals surface area contributed by atoms with Crippen molar-refractivity contribution >= 4 is 10.8 Å². The monoisotopic (exact) mass is 310 g/mol. The smallest absolute Gasteiger partial charge is 0.119 e. The first kappa shape index (κ1) is 16.4. The summed E-state index contributed by atoms with van der Waals surface area (Å²) in [5.74, 6) is 2.70. The van der Waals surface area contributed by atoms with E-state index in [-0.39, 0.29) is 0 Å². The van der Waals surface area contributed by atoms with Gasteiger partial charge >= 0.3 is 0 Å². The van der Waals surface area contributed by atoms with Crippen LogP contribution in [0.25, 0.3) is 10.8 Å². The number of benzene rings is 2. The molecule has 0 N–H and O–H groups in total. The minimum absolute atomic E-state index is 0.768. The molecule has 3 rings (SSSR count). The second kappa shape index (κ2) is 7.86. The van der Waals surface area contributed by atoms with Gasteiger partial charge in [0.05, 0.1) is 7.11 Å². The second-order valence-electron chi connectivity index (χ2n) is 7.19. The Morgan fingerprint density at radius 1 is 0.913 bits per heavy atom. The van der Waals surface area contributed by atoms with E-state index in [1.165, 1.54) is 67.7 Å². The van der Waals surface area contributed by atoms with E-state index in [2.05, 4.69) is 43.3 Å². The van der Waals surface area contributed by atoms with E-state index in [0.717, 1.165) is 17.6 Å². The molecule has 1 saturated carbocycles. The highest BCUT2D eigenvalue weighted by Gasteiger charge is 2.22. The molecule has 0 aromatic heterocycles. The molecule has 1 heteroatoms. The Hall–Kier alpha value is -1.50. The molecule has 124 valence electrons. The van der Waals surface area contributed by atoms with Crippen molar-refractivity contribution in [2.24, 2.45) is 5.92 Å². The molecular weight excluding hydrogens is 280 g/mol. The van der Waals surface area contributed by atoms with Gasteiger partial charge in [-0.15, -0.1) is 0 Å². The zero-order valence-electron chi connectivity index (χ0n) is 14.7. The molecule has 0 bridgehead atoms. The van der Waals surface area contributed by atoms with Crippen molar-refractivity contribution in [2.75, 3.05) is 7.11 Å². The molecule has 0 atom stereocenters. The van der Waals surface area contributed by atoms with Crippen molar-refractivity contribution in [2.45, 2.75) is 64.2 Å². The van der Waals surface area contributed by atoms with Gasteiger partial charge in [0.15, 0.2) is 0 Å². The Bertz CT molecular complexity index is 623. The average Bonchev–Trinajstić information content (AvgIpc) is 2.61. The molecular formula is C22H30O. The summed E-state index contributed by atoms with van der Waals surface area (Å²) in [6.07, 6.45) is 11.2. The maximum atomic E-state index is 5.32. The molecule has 0 saturated heterocycles. The third-order valence-corrected chi connectivity index (χ3v) is 5.61. The summed E-state index contributed by atoms with van der Waals surface area (Å²) in [4.78, 5) is 0. The lowest BCUT2D eigenvalue weighted by molar-refractivity contribution is 0.303. The standard InChI is InChI=1S/C22H30O/c1-3-4-5-6-17-7-9-18(10-8-17)19-11-12-21-16-22(23-2)14-13-20(21)15-19/h11-18H,3-10H2,1-2H3/t17-,18-. The molecule has 1 fully saturated rings. The number of unbranched alkanes of at least 4 members (excludes halogenated alkanes) is 2. The van der Waals surface area contributed by atoms with Crippen LogP contribution in [-0.4, -0.2) is 7.11 Å². The SMILES string of the molecule is CCCCC[C@H]1CC[C@H](c2ccc3cc(OC)ccc3c2)CC1. The molecule has 0 unspecified atom stereocenters. The van der Waals surface area contributed by atoms with E-state index in [4.69, 9.17) is 4.74 Å². The number of fused-ring (bicyclic) bond motifs is 1. The van der Waals surface area contributed by atoms with Crippen LogP contribution in [0.2, 0.25) is 0 Å². The number of hydrogen-bond acceptors (Lipinski definition) is 1. The third kappa shape index (κ3) is 4.07. The average molecular weight is 310 g/mol. The molecule has 0 aliphatic heterocycles. The van der Waals surface area contributed by atoms with E-state index < -0.39 is 0 Å². The van der Waals surface area contributed by atoms with E-state index in [9.17, 15) is 0 Å². The fourth-order valence-electron chi connectivity index (χ4n) is 4.09. The molecule has 23 heavy (non-hydrogen) atoms. The van der Waals surface area contributed by atoms with Gasteiger partial charge in [-0.25, -0.2) is 0 Å². The van der Waals surface area contributed by atoms with Crippen LogP contribution in [0, 0.1) is 5.92 Å². The largest absolute Gasteiger partial charge is 0.497 e. The molecule has 0 heterocycles. The number of rotatable bonds is 6. The van der Waals surface area contributed by atoms with Crippen molar-refractivity contribution in [3.8, 4) is 5.75 Å². The molecule has 1 aliphatic carbocycles. The minimum atomic E-state index is 0.768. The summed E-state index contributed by atoms with van der Waals surface area (Å²) in [5.41, 5.74) is 1.54. The second-order valence-corrected chi connectivity index (χ2v) is 7.19. The van der Waals surface area contributed by atoms with Crippen molar-refractivity contribution < 1.29 is 4.74 Å². The van der Waals surface area contributed by atoms with Crippen LogP contribution in [0.5, 0.6) is 5.75 Å². The highest BCUT2D eigenvalue weighted by Crippen LogP contribution is 2.38. The molecule has 1 nitrogen and oxygen atoms in total. The maximum absolute atomic E-state index is 5.32. The first-order valence-corrected chi connectivity index (χ1v) is 9.38. The highest BCUT2D eigenvalue weighted by atomic mass is 16.5. The van der Waals surface area contributed by atoms with Gasteiger partial charge in [0, 0.05) is 0 Å². The highest BCUT2D eigenvalue weighted by molar-refractivity contribution is 5.84. The zero-order valence-corrected chi connectivity index (χ0v) is 14.7. The number of hydrogen-bond donors (Lipinski definition) is 0. The maximum Gasteiger partial charge on any atom is 0.119 e. The first-order valence-electron chi connectivity index (χ1n) is 9.38. The Morgan fingerprint density at radius 3 is 2.39 bits per heavy atom. The molecule has 2 aromatic carbocycles. The summed E-state index contributed by atoms with van der Waals surface area (Å²) < 4.78 is 5.32. The van der Waals surface area contributed by atoms with Crippen LogP contribution >= 0.6 is 0 Å². The summed E-state index contributed by atoms with van der Waals surface area (Å²) in [7, 11) is 1.73. The zero-order chi connectivity index (χ0) is 16.1. The summed E-state index contributed by atoms with van der Waals surface area (Å²) >= 11 is 0. The third-order valence-electron chi connectivity index (χ3n) is 5.61. The Morgan fingerprint density at radius 2 is 1.65 bits per heavy atom. The fourth-order valence-corrected chi connectivity index (χ4v) is 4.09. The summed E-state index contributed by atoms with van der Waals surface area (Å²) in [6, 6.07) is 13.4. The van der Waals surface area contributed by atoms with Crippen molar-refractivity contribution in [1.82, 2.24) is 0 Å². The van der Waals surface area contributed by atoms with Crippen LogP contribution in [0.15, 0.2) is 36.4 Å². The van der Waals surface area contributed by atoms with E-state index >= 15 is 0 Å². The van der Waals surface area contributed by atoms with Gasteiger partial charge in [-0.05, 0) is 66.0 Å². The lowest BCUT2D eigenvalue weighted by Gasteiger charge is -2.29. The van der Waals surface area contributed by atoms with Crippen LogP contribution in [0.1, 0.15) is 69.8 Å². The first-order chi connectivity index (χ1) is 11.3. The van der Waals surface area contributed by atoms with Crippen molar-refractivity contribution in [1.29, 1.82) is 0 Å². The topological polar surface area (TPSA) is 9.23 Å². The van der Waals surface area contributed by atoms with Gasteiger partial charge in [0.25, 0.3) is 0 Å². The van der Waals surface area contributed by atoms with Gasteiger partial charge in [-0.3, -0.25) is 0 Å². The van der Waals surface area contributed by atoms with Gasteiger partial charge in [-0.2, -0.15) is 0 Å². The Balaban J connectivity index is 1.63. The minimum Gasteiger partial charge on any atom is -0.497 e. The Kier molecular flexibility index (Phi) is 5.59. The molecule has 0 radical (unpaired) electrons. The van der Waals surface area contributed by atoms with Crippen LogP contribution < -0.4 is 4.74 Å². The van der Waals surface area contributed by atoms with Gasteiger partial charge in [0.1, 0.15) is 5.75 Å². The van der Waals surface area contributed by atoms with Gasteiger partial charge in [-0.1, -0.05) is 56.9 Å². The lowest BCUT2D eigenvalue weighted by Crippen LogP contribution is -2.13. The summed E-state index contributed by atoms with van der Waals surface area (Å²) in [6.45, 7) is 2.30. The predicted molar refractivity (Wildman–Crippen MR) is 99.3 cm³/mol. The quantitative estimate of drug-likeness (QED) is 0.539. The number of methoxy groups -OCH3 is 1. The van der Waals surface area contributed by atoms with E-state index in [1.54, 1.807) is 7.11 Å². The molecule has 0 amide bonds. The van der Waals surface area contributed by atoms with Gasteiger partial charge in [0.2, 0.25) is 0 Å². The molecule has 1 aliphatic rings. The van der Waals surface area contributed by atoms with Gasteiger partial charge < -0.3 is 4.74 Å². The summed E-state index contributed by atoms with van der Waals surface area (Å²) in [5, 5.41) is 2.62. The molecule has 0 spiro atoms.